The Labute approximate surface area is 163 Å². The zero-order valence-corrected chi connectivity index (χ0v) is 16.2. The van der Waals surface area contributed by atoms with E-state index in [0.717, 1.165) is 38.0 Å². The maximum Gasteiger partial charge on any atom is 0.189 e. The zero-order chi connectivity index (χ0) is 17.8. The molecule has 3 aliphatic rings. The van der Waals surface area contributed by atoms with E-state index in [0.29, 0.717) is 34.8 Å². The highest BCUT2D eigenvalue weighted by Gasteiger charge is 2.37. The average molecular weight is 394 g/mol. The lowest BCUT2D eigenvalue weighted by Gasteiger charge is -2.24. The molecule has 2 saturated heterocycles. The first-order valence-electron chi connectivity index (χ1n) is 9.57. The van der Waals surface area contributed by atoms with Crippen LogP contribution in [0.5, 0.6) is 5.75 Å². The summed E-state index contributed by atoms with van der Waals surface area (Å²) in [5.41, 5.74) is 1.09. The minimum Gasteiger partial charge on any atom is -0.492 e. The first kappa shape index (κ1) is 18.6. The molecule has 3 heterocycles. The summed E-state index contributed by atoms with van der Waals surface area (Å²) in [5, 5.41) is 3.97. The standard InChI is InChI=1S/C20H24FN3O2.ClH/c1-26-20-18-14(17(25)6-8-24(18)13-4-5-13)9-15(21)19(20)23-10-12-3-2-7-22-16(12)11-23;/h6,8-9,12-13,16,22H,2-5,7,10-11H2,1H3;1H/t12-,16+;/m0./s1. The van der Waals surface area contributed by atoms with E-state index >= 15 is 4.39 Å². The van der Waals surface area contributed by atoms with Crippen LogP contribution in [0.3, 0.4) is 0 Å². The lowest BCUT2D eigenvalue weighted by Crippen LogP contribution is -2.40. The quantitative estimate of drug-likeness (QED) is 0.870. The number of halogens is 2. The Bertz CT molecular complexity index is 914. The van der Waals surface area contributed by atoms with Gasteiger partial charge in [0.15, 0.2) is 17.0 Å². The molecular formula is C20H25ClFN3O2. The van der Waals surface area contributed by atoms with E-state index in [2.05, 4.69) is 14.8 Å². The van der Waals surface area contributed by atoms with Crippen LogP contribution >= 0.6 is 12.4 Å². The number of nitrogens with one attached hydrogen (secondary N) is 1. The molecule has 5 rings (SSSR count). The third-order valence-corrected chi connectivity index (χ3v) is 6.15. The number of hydrogen-bond acceptors (Lipinski definition) is 4. The van der Waals surface area contributed by atoms with Gasteiger partial charge in [-0.15, -0.1) is 12.4 Å². The summed E-state index contributed by atoms with van der Waals surface area (Å²) in [6.07, 6.45) is 6.36. The average Bonchev–Trinajstić information content (AvgIpc) is 3.39. The SMILES string of the molecule is COc1c(N2C[C@@H]3CCCN[C@@H]3C2)c(F)cc2c(=O)ccn(C3CC3)c12.Cl. The summed E-state index contributed by atoms with van der Waals surface area (Å²) in [4.78, 5) is 14.5. The van der Waals surface area contributed by atoms with Crippen molar-refractivity contribution in [1.29, 1.82) is 0 Å². The van der Waals surface area contributed by atoms with E-state index in [1.807, 2.05) is 6.20 Å². The fraction of sp³-hybridized carbons (Fsp3) is 0.550. The number of nitrogens with zero attached hydrogens (tertiary/aromatic N) is 2. The van der Waals surface area contributed by atoms with Crippen molar-refractivity contribution in [2.75, 3.05) is 31.6 Å². The predicted molar refractivity (Wildman–Crippen MR) is 107 cm³/mol. The van der Waals surface area contributed by atoms with Gasteiger partial charge in [-0.1, -0.05) is 0 Å². The van der Waals surface area contributed by atoms with E-state index < -0.39 is 0 Å². The Balaban J connectivity index is 0.00000180. The minimum atomic E-state index is -0.362. The molecule has 0 unspecified atom stereocenters. The Kier molecular flexibility index (Phi) is 4.80. The molecule has 2 aliphatic heterocycles. The lowest BCUT2D eigenvalue weighted by molar-refractivity contribution is 0.340. The third kappa shape index (κ3) is 2.99. The molecule has 5 nitrogen and oxygen atoms in total. The van der Waals surface area contributed by atoms with Gasteiger partial charge < -0.3 is 19.5 Å². The van der Waals surface area contributed by atoms with Crippen LogP contribution in [0.25, 0.3) is 10.9 Å². The predicted octanol–water partition coefficient (Wildman–Crippen LogP) is 3.09. The molecule has 0 amide bonds. The van der Waals surface area contributed by atoms with Crippen LogP contribution in [0.4, 0.5) is 10.1 Å². The normalized spacial score (nSPS) is 24.6. The van der Waals surface area contributed by atoms with Crippen LogP contribution in [0, 0.1) is 11.7 Å². The van der Waals surface area contributed by atoms with Gasteiger partial charge in [0.1, 0.15) is 5.69 Å². The number of pyridine rings is 1. The highest BCUT2D eigenvalue weighted by Crippen LogP contribution is 2.44. The number of rotatable bonds is 3. The van der Waals surface area contributed by atoms with Gasteiger partial charge in [0.25, 0.3) is 0 Å². The Morgan fingerprint density at radius 2 is 2.07 bits per heavy atom. The molecule has 7 heteroatoms. The van der Waals surface area contributed by atoms with Gasteiger partial charge in [-0.3, -0.25) is 4.79 Å². The number of hydrogen-bond donors (Lipinski definition) is 1. The molecule has 0 bridgehead atoms. The summed E-state index contributed by atoms with van der Waals surface area (Å²) >= 11 is 0. The smallest absolute Gasteiger partial charge is 0.189 e. The molecule has 1 N–H and O–H groups in total. The first-order chi connectivity index (χ1) is 12.7. The number of methoxy groups -OCH3 is 1. The number of fused-ring (bicyclic) bond motifs is 2. The molecule has 1 aromatic heterocycles. The molecular weight excluding hydrogens is 369 g/mol. The van der Waals surface area contributed by atoms with Crippen molar-refractivity contribution < 1.29 is 9.13 Å². The molecule has 1 aromatic carbocycles. The van der Waals surface area contributed by atoms with Crippen LogP contribution in [-0.2, 0) is 0 Å². The maximum atomic E-state index is 15.1. The molecule has 146 valence electrons. The number of benzene rings is 1. The van der Waals surface area contributed by atoms with Crippen LogP contribution in [-0.4, -0.2) is 37.4 Å². The fourth-order valence-electron chi connectivity index (χ4n) is 4.74. The summed E-state index contributed by atoms with van der Waals surface area (Å²) in [6, 6.07) is 3.73. The summed E-state index contributed by atoms with van der Waals surface area (Å²) in [5.74, 6) is 0.687. The van der Waals surface area contributed by atoms with Gasteiger partial charge >= 0.3 is 0 Å². The Morgan fingerprint density at radius 1 is 1.26 bits per heavy atom. The second kappa shape index (κ2) is 6.99. The van der Waals surface area contributed by atoms with Gasteiger partial charge in [-0.2, -0.15) is 0 Å². The summed E-state index contributed by atoms with van der Waals surface area (Å²) < 4.78 is 22.9. The fourth-order valence-corrected chi connectivity index (χ4v) is 4.74. The first-order valence-corrected chi connectivity index (χ1v) is 9.57. The third-order valence-electron chi connectivity index (χ3n) is 6.15. The summed E-state index contributed by atoms with van der Waals surface area (Å²) in [7, 11) is 1.58. The second-order valence-corrected chi connectivity index (χ2v) is 7.82. The molecule has 27 heavy (non-hydrogen) atoms. The number of aromatic nitrogens is 1. The second-order valence-electron chi connectivity index (χ2n) is 7.82. The molecule has 1 saturated carbocycles. The van der Waals surface area contributed by atoms with Crippen LogP contribution < -0.4 is 20.4 Å². The van der Waals surface area contributed by atoms with Gasteiger partial charge in [0.05, 0.1) is 18.0 Å². The van der Waals surface area contributed by atoms with Gasteiger partial charge in [-0.25, -0.2) is 4.39 Å². The van der Waals surface area contributed by atoms with E-state index in [1.165, 1.54) is 25.0 Å². The number of anilines is 1. The van der Waals surface area contributed by atoms with Crippen molar-refractivity contribution in [3.8, 4) is 5.75 Å². The maximum absolute atomic E-state index is 15.1. The van der Waals surface area contributed by atoms with E-state index in [-0.39, 0.29) is 23.7 Å². The highest BCUT2D eigenvalue weighted by atomic mass is 35.5. The Hall–Kier alpha value is -1.79. The molecule has 1 aliphatic carbocycles. The van der Waals surface area contributed by atoms with Crippen molar-refractivity contribution in [3.63, 3.8) is 0 Å². The van der Waals surface area contributed by atoms with E-state index in [9.17, 15) is 4.79 Å². The largest absolute Gasteiger partial charge is 0.492 e. The molecule has 2 atom stereocenters. The van der Waals surface area contributed by atoms with Gasteiger partial charge in [-0.05, 0) is 44.2 Å². The van der Waals surface area contributed by atoms with Crippen LogP contribution in [0.2, 0.25) is 0 Å². The number of piperidine rings is 1. The van der Waals surface area contributed by atoms with Crippen molar-refractivity contribution in [1.82, 2.24) is 9.88 Å². The van der Waals surface area contributed by atoms with Gasteiger partial charge in [0, 0.05) is 37.4 Å². The molecule has 0 spiro atoms. The zero-order valence-electron chi connectivity index (χ0n) is 15.4. The molecule has 2 aromatic rings. The van der Waals surface area contributed by atoms with Gasteiger partial charge in [0.2, 0.25) is 0 Å². The highest BCUT2D eigenvalue weighted by molar-refractivity contribution is 5.91. The van der Waals surface area contributed by atoms with Crippen molar-refractivity contribution >= 4 is 29.0 Å². The minimum absolute atomic E-state index is 0. The molecule has 3 fully saturated rings. The van der Waals surface area contributed by atoms with Crippen molar-refractivity contribution in [3.05, 3.63) is 34.4 Å². The van der Waals surface area contributed by atoms with E-state index in [4.69, 9.17) is 4.74 Å². The van der Waals surface area contributed by atoms with Crippen LogP contribution in [0.1, 0.15) is 31.7 Å². The summed E-state index contributed by atoms with van der Waals surface area (Å²) in [6.45, 7) is 2.65. The van der Waals surface area contributed by atoms with Crippen LogP contribution in [0.15, 0.2) is 23.1 Å². The van der Waals surface area contributed by atoms with Crippen molar-refractivity contribution in [2.24, 2.45) is 5.92 Å². The number of ether oxygens (including phenoxy) is 1. The van der Waals surface area contributed by atoms with E-state index in [1.54, 1.807) is 7.11 Å². The van der Waals surface area contributed by atoms with Crippen molar-refractivity contribution in [2.45, 2.75) is 37.8 Å². The topological polar surface area (TPSA) is 46.5 Å². The monoisotopic (exact) mass is 393 g/mol. The molecule has 0 radical (unpaired) electrons. The Morgan fingerprint density at radius 3 is 2.78 bits per heavy atom. The lowest BCUT2D eigenvalue weighted by atomic mass is 9.94.